The first-order chi connectivity index (χ1) is 6.06. The normalized spacial score (nSPS) is 9.23. The van der Waals surface area contributed by atoms with Gasteiger partial charge in [-0.25, -0.2) is 0 Å². The van der Waals surface area contributed by atoms with Crippen molar-refractivity contribution in [2.75, 3.05) is 0 Å². The lowest BCUT2D eigenvalue weighted by atomic mass is 10.1. The highest BCUT2D eigenvalue weighted by Crippen LogP contribution is 2.30. The minimum absolute atomic E-state index is 0.169. The number of phenols is 1. The van der Waals surface area contributed by atoms with Crippen LogP contribution in [0.2, 0.25) is 0 Å². The average Bonchev–Trinajstić information content (AvgIpc) is 2.09. The first kappa shape index (κ1) is 9.00. The van der Waals surface area contributed by atoms with Gasteiger partial charge in [-0.2, -0.15) is 5.26 Å². The molecule has 1 rings (SSSR count). The molecule has 0 fully saturated rings. The summed E-state index contributed by atoms with van der Waals surface area (Å²) in [6.45, 7) is 1.50. The third-order valence-electron chi connectivity index (χ3n) is 1.61. The van der Waals surface area contributed by atoms with Crippen molar-refractivity contribution < 1.29 is 10.0 Å². The second-order valence-electron chi connectivity index (χ2n) is 2.53. The number of aryl methyl sites for hydroxylation is 1. The smallest absolute Gasteiger partial charge is 0.312 e. The van der Waals surface area contributed by atoms with Crippen LogP contribution in [0.4, 0.5) is 5.69 Å². The van der Waals surface area contributed by atoms with Crippen LogP contribution in [0.15, 0.2) is 12.1 Å². The molecular weight excluding hydrogens is 172 g/mol. The van der Waals surface area contributed by atoms with Gasteiger partial charge in [0.15, 0.2) is 5.75 Å². The highest BCUT2D eigenvalue weighted by molar-refractivity contribution is 5.55. The van der Waals surface area contributed by atoms with E-state index in [4.69, 9.17) is 5.26 Å². The fraction of sp³-hybridized carbons (Fsp3) is 0.125. The molecule has 5 nitrogen and oxygen atoms in total. The van der Waals surface area contributed by atoms with Gasteiger partial charge in [-0.3, -0.25) is 10.1 Å². The lowest BCUT2D eigenvalue weighted by molar-refractivity contribution is -0.385. The van der Waals surface area contributed by atoms with Crippen LogP contribution in [0.1, 0.15) is 11.1 Å². The lowest BCUT2D eigenvalue weighted by Gasteiger charge is -1.99. The van der Waals surface area contributed by atoms with Gasteiger partial charge < -0.3 is 5.11 Å². The summed E-state index contributed by atoms with van der Waals surface area (Å²) < 4.78 is 0. The maximum Gasteiger partial charge on any atom is 0.312 e. The highest BCUT2D eigenvalue weighted by atomic mass is 16.6. The van der Waals surface area contributed by atoms with Gasteiger partial charge in [-0.15, -0.1) is 0 Å². The Hall–Kier alpha value is -2.09. The summed E-state index contributed by atoms with van der Waals surface area (Å²) in [5.41, 5.74) is 0.0595. The van der Waals surface area contributed by atoms with Crippen LogP contribution in [0, 0.1) is 28.4 Å². The molecule has 66 valence electrons. The summed E-state index contributed by atoms with van der Waals surface area (Å²) in [4.78, 5) is 9.66. The zero-order valence-electron chi connectivity index (χ0n) is 6.81. The predicted octanol–water partition coefficient (Wildman–Crippen LogP) is 1.48. The van der Waals surface area contributed by atoms with Crippen molar-refractivity contribution >= 4 is 5.69 Å². The molecule has 0 aliphatic rings. The van der Waals surface area contributed by atoms with Crippen molar-refractivity contribution in [3.05, 3.63) is 33.4 Å². The maximum absolute atomic E-state index is 10.4. The van der Waals surface area contributed by atoms with Crippen LogP contribution < -0.4 is 0 Å². The molecule has 0 aromatic heterocycles. The Balaban J connectivity index is 3.44. The Morgan fingerprint density at radius 2 is 2.23 bits per heavy atom. The predicted molar refractivity (Wildman–Crippen MR) is 44.2 cm³/mol. The molecule has 0 heterocycles. The minimum Gasteiger partial charge on any atom is -0.502 e. The Morgan fingerprint density at radius 1 is 1.62 bits per heavy atom. The molecule has 0 bridgehead atoms. The van der Waals surface area contributed by atoms with Gasteiger partial charge in [0.25, 0.3) is 0 Å². The summed E-state index contributed by atoms with van der Waals surface area (Å²) in [5.74, 6) is -0.385. The molecule has 0 saturated heterocycles. The number of hydrogen-bond donors (Lipinski definition) is 1. The molecule has 5 heteroatoms. The van der Waals surface area contributed by atoms with Crippen molar-refractivity contribution in [1.82, 2.24) is 0 Å². The number of hydrogen-bond acceptors (Lipinski definition) is 4. The van der Waals surface area contributed by atoms with E-state index in [1.165, 1.54) is 13.0 Å². The van der Waals surface area contributed by atoms with E-state index < -0.39 is 10.6 Å². The van der Waals surface area contributed by atoms with Crippen molar-refractivity contribution in [2.24, 2.45) is 0 Å². The second-order valence-corrected chi connectivity index (χ2v) is 2.53. The zero-order valence-corrected chi connectivity index (χ0v) is 6.81. The standard InChI is InChI=1S/C8H6N2O3/c1-5-2-6(4-9)3-7(8(5)11)10(12)13/h2-3,11H,1H3. The molecule has 0 saturated carbocycles. The summed E-state index contributed by atoms with van der Waals surface area (Å²) in [6, 6.07) is 4.21. The molecule has 0 unspecified atom stereocenters. The molecule has 13 heavy (non-hydrogen) atoms. The Bertz CT molecular complexity index is 407. The number of nitro benzene ring substituents is 1. The van der Waals surface area contributed by atoms with Crippen molar-refractivity contribution in [2.45, 2.75) is 6.92 Å². The fourth-order valence-corrected chi connectivity index (χ4v) is 0.965. The van der Waals surface area contributed by atoms with Crippen molar-refractivity contribution in [3.63, 3.8) is 0 Å². The number of benzene rings is 1. The minimum atomic E-state index is -0.719. The Kier molecular flexibility index (Phi) is 2.15. The topological polar surface area (TPSA) is 87.2 Å². The number of aromatic hydroxyl groups is 1. The van der Waals surface area contributed by atoms with Gasteiger partial charge in [0.05, 0.1) is 16.6 Å². The second kappa shape index (κ2) is 3.11. The number of nitro groups is 1. The summed E-state index contributed by atoms with van der Waals surface area (Å²) >= 11 is 0. The van der Waals surface area contributed by atoms with Crippen LogP contribution in [0.5, 0.6) is 5.75 Å². The van der Waals surface area contributed by atoms with Gasteiger partial charge in [0.2, 0.25) is 0 Å². The van der Waals surface area contributed by atoms with Crippen LogP contribution in [-0.4, -0.2) is 10.0 Å². The molecule has 1 aromatic carbocycles. The maximum atomic E-state index is 10.4. The lowest BCUT2D eigenvalue weighted by Crippen LogP contribution is -1.91. The van der Waals surface area contributed by atoms with Gasteiger partial charge in [-0.1, -0.05) is 0 Å². The number of nitrogens with zero attached hydrogens (tertiary/aromatic N) is 2. The van der Waals surface area contributed by atoms with Gasteiger partial charge >= 0.3 is 5.69 Å². The average molecular weight is 178 g/mol. The van der Waals surface area contributed by atoms with Crippen molar-refractivity contribution in [3.8, 4) is 11.8 Å². The van der Waals surface area contributed by atoms with E-state index in [1.807, 2.05) is 0 Å². The third kappa shape index (κ3) is 1.56. The Labute approximate surface area is 74.0 Å². The zero-order chi connectivity index (χ0) is 10.0. The largest absolute Gasteiger partial charge is 0.502 e. The van der Waals surface area contributed by atoms with Gasteiger partial charge in [-0.05, 0) is 18.6 Å². The molecule has 1 N–H and O–H groups in total. The Morgan fingerprint density at radius 3 is 2.69 bits per heavy atom. The van der Waals surface area contributed by atoms with Crippen LogP contribution >= 0.6 is 0 Å². The molecule has 0 atom stereocenters. The van der Waals surface area contributed by atoms with Gasteiger partial charge in [0.1, 0.15) is 0 Å². The first-order valence-electron chi connectivity index (χ1n) is 3.44. The molecule has 0 spiro atoms. The van der Waals surface area contributed by atoms with Crippen LogP contribution in [-0.2, 0) is 0 Å². The summed E-state index contributed by atoms with van der Waals surface area (Å²) in [6.07, 6.45) is 0. The van der Waals surface area contributed by atoms with E-state index in [-0.39, 0.29) is 11.3 Å². The summed E-state index contributed by atoms with van der Waals surface area (Å²) in [5, 5.41) is 28.1. The van der Waals surface area contributed by atoms with Crippen molar-refractivity contribution in [1.29, 1.82) is 5.26 Å². The molecule has 0 aliphatic heterocycles. The number of rotatable bonds is 1. The molecule has 1 aromatic rings. The van der Waals surface area contributed by atoms with E-state index >= 15 is 0 Å². The van der Waals surface area contributed by atoms with Gasteiger partial charge in [0, 0.05) is 6.07 Å². The first-order valence-corrected chi connectivity index (χ1v) is 3.44. The summed E-state index contributed by atoms with van der Waals surface area (Å²) in [7, 11) is 0. The molecule has 0 aliphatic carbocycles. The van der Waals surface area contributed by atoms with Crippen LogP contribution in [0.3, 0.4) is 0 Å². The van der Waals surface area contributed by atoms with Crippen LogP contribution in [0.25, 0.3) is 0 Å². The fourth-order valence-electron chi connectivity index (χ4n) is 0.965. The van der Waals surface area contributed by atoms with E-state index in [9.17, 15) is 15.2 Å². The molecule has 0 amide bonds. The number of phenolic OH excluding ortho intramolecular Hbond substituents is 1. The van der Waals surface area contributed by atoms with E-state index in [2.05, 4.69) is 0 Å². The molecular formula is C8H6N2O3. The monoisotopic (exact) mass is 178 g/mol. The van der Waals surface area contributed by atoms with E-state index in [1.54, 1.807) is 6.07 Å². The van der Waals surface area contributed by atoms with E-state index in [0.29, 0.717) is 5.56 Å². The van der Waals surface area contributed by atoms with E-state index in [0.717, 1.165) is 6.07 Å². The molecule has 0 radical (unpaired) electrons. The SMILES string of the molecule is Cc1cc(C#N)cc([N+](=O)[O-])c1O. The third-order valence-corrected chi connectivity index (χ3v) is 1.61. The quantitative estimate of drug-likeness (QED) is 0.521. The number of nitriles is 1. The highest BCUT2D eigenvalue weighted by Gasteiger charge is 2.16.